The zero-order valence-electron chi connectivity index (χ0n) is 29.1. The number of likely N-dealkylation sites (tertiary alicyclic amines) is 2. The molecule has 2 fully saturated rings. The predicted octanol–water partition coefficient (Wildman–Crippen LogP) is 2.25. The van der Waals surface area contributed by atoms with E-state index in [1.54, 1.807) is 0 Å². The van der Waals surface area contributed by atoms with Crippen LogP contribution < -0.4 is 10.6 Å². The van der Waals surface area contributed by atoms with E-state index in [0.29, 0.717) is 45.9 Å². The molecule has 2 atom stereocenters. The maximum Gasteiger partial charge on any atom is 0.233 e. The van der Waals surface area contributed by atoms with Crippen LogP contribution in [-0.4, -0.2) is 104 Å². The summed E-state index contributed by atoms with van der Waals surface area (Å²) in [6.45, 7) is 18.1. The number of rotatable bonds is 17. The van der Waals surface area contributed by atoms with Crippen LogP contribution in [0.1, 0.15) is 93.9 Å². The fraction of sp³-hybridized carbons (Fsp3) is 0.788. The van der Waals surface area contributed by atoms with Gasteiger partial charge >= 0.3 is 0 Å². The van der Waals surface area contributed by atoms with Crippen molar-refractivity contribution in [3.05, 3.63) is 0 Å². The third-order valence-corrected chi connectivity index (χ3v) is 7.79. The van der Waals surface area contributed by atoms with Gasteiger partial charge in [0.1, 0.15) is 5.78 Å². The topological polar surface area (TPSA) is 168 Å². The molecule has 2 unspecified atom stereocenters. The first-order valence-electron chi connectivity index (χ1n) is 16.3. The van der Waals surface area contributed by atoms with Crippen LogP contribution in [-0.2, 0) is 43.0 Å². The first-order chi connectivity index (χ1) is 21.4. The van der Waals surface area contributed by atoms with E-state index in [1.165, 1.54) is 16.7 Å². The van der Waals surface area contributed by atoms with Crippen molar-refractivity contribution >= 4 is 41.2 Å². The van der Waals surface area contributed by atoms with Crippen LogP contribution in [0.25, 0.3) is 0 Å². The third-order valence-electron chi connectivity index (χ3n) is 7.79. The smallest absolute Gasteiger partial charge is 0.233 e. The molecule has 0 spiro atoms. The van der Waals surface area contributed by atoms with Crippen LogP contribution >= 0.6 is 0 Å². The average Bonchev–Trinajstić information content (AvgIpc) is 3.41. The molecule has 2 rings (SSSR count). The second-order valence-electron chi connectivity index (χ2n) is 13.9. The molecule has 2 aliphatic heterocycles. The van der Waals surface area contributed by atoms with Crippen LogP contribution in [0.2, 0.25) is 0 Å². The lowest BCUT2D eigenvalue weighted by Crippen LogP contribution is -2.37. The highest BCUT2D eigenvalue weighted by molar-refractivity contribution is 6.04. The molecule has 46 heavy (non-hydrogen) atoms. The summed E-state index contributed by atoms with van der Waals surface area (Å²) in [5, 5.41) is 5.39. The van der Waals surface area contributed by atoms with Gasteiger partial charge in [0.05, 0.1) is 31.7 Å². The first-order valence-corrected chi connectivity index (χ1v) is 16.3. The van der Waals surface area contributed by atoms with E-state index in [1.807, 2.05) is 48.5 Å². The molecule has 2 aliphatic rings. The van der Waals surface area contributed by atoms with E-state index in [0.717, 1.165) is 6.42 Å². The Balaban J connectivity index is 0.000000462. The molecular weight excluding hydrogens is 596 g/mol. The van der Waals surface area contributed by atoms with Gasteiger partial charge in [0.2, 0.25) is 35.4 Å². The quantitative estimate of drug-likeness (QED) is 0.177. The Morgan fingerprint density at radius 2 is 1.07 bits per heavy atom. The molecule has 0 aromatic rings. The summed E-state index contributed by atoms with van der Waals surface area (Å²) in [4.78, 5) is 85.1. The Hall–Kier alpha value is -3.19. The highest BCUT2D eigenvalue weighted by Gasteiger charge is 2.45. The number of ketones is 1. The average molecular weight is 653 g/mol. The molecule has 0 radical (unpaired) electrons. The minimum Gasteiger partial charge on any atom is -0.380 e. The number of hydrogen-bond donors (Lipinski definition) is 2. The molecule has 6 amide bonds. The van der Waals surface area contributed by atoms with Gasteiger partial charge in [-0.05, 0) is 24.2 Å². The Bertz CT molecular complexity index is 1080. The number of amides is 6. The predicted molar refractivity (Wildman–Crippen MR) is 171 cm³/mol. The summed E-state index contributed by atoms with van der Waals surface area (Å²) in [5.74, 6) is -1.67. The number of carbonyl (C=O) groups is 7. The molecule has 0 saturated carbocycles. The van der Waals surface area contributed by atoms with Crippen LogP contribution in [0.15, 0.2) is 0 Å². The molecule has 262 valence electrons. The fourth-order valence-electron chi connectivity index (χ4n) is 4.88. The van der Waals surface area contributed by atoms with Crippen molar-refractivity contribution in [1.82, 2.24) is 20.4 Å². The standard InChI is InChI=1S/C17H28N2O5.C16H28N2O4/c1-12(20)6-9-24-10-7-18-14(21)5-8-19-15(22)11-13(16(19)23)17(2,3)4;1-5-9-22-10-7-17-13(19)6-8-18-14(20)11-12(15(18)21)16(2,3)4/h13H,5-11H2,1-4H3,(H,18,21);12H,5-11H2,1-4H3,(H,17,19). The monoisotopic (exact) mass is 652 g/mol. The van der Waals surface area contributed by atoms with Gasteiger partial charge in [-0.1, -0.05) is 48.5 Å². The zero-order chi connectivity index (χ0) is 35.1. The fourth-order valence-corrected chi connectivity index (χ4v) is 4.88. The summed E-state index contributed by atoms with van der Waals surface area (Å²) < 4.78 is 10.5. The van der Waals surface area contributed by atoms with E-state index in [-0.39, 0.29) is 103 Å². The molecule has 2 N–H and O–H groups in total. The summed E-state index contributed by atoms with van der Waals surface area (Å²) in [7, 11) is 0. The second kappa shape index (κ2) is 19.5. The molecule has 0 aliphatic carbocycles. The Kier molecular flexibility index (Phi) is 17.3. The van der Waals surface area contributed by atoms with E-state index in [4.69, 9.17) is 9.47 Å². The SMILES string of the molecule is CC(=O)CCOCCNC(=O)CCN1C(=O)CC(C(C)(C)C)C1=O.CCCOCCNC(=O)CCN1C(=O)CC(C(C)(C)C)C1=O. The Morgan fingerprint density at radius 3 is 1.39 bits per heavy atom. The Labute approximate surface area is 273 Å². The largest absolute Gasteiger partial charge is 0.380 e. The number of nitrogens with one attached hydrogen (secondary N) is 2. The first kappa shape index (κ1) is 40.8. The van der Waals surface area contributed by atoms with Crippen molar-refractivity contribution in [3.63, 3.8) is 0 Å². The molecule has 0 aromatic heterocycles. The number of ether oxygens (including phenoxy) is 2. The lowest BCUT2D eigenvalue weighted by molar-refractivity contribution is -0.142. The minimum absolute atomic E-state index is 0.0625. The molecule has 0 aromatic carbocycles. The van der Waals surface area contributed by atoms with Crippen molar-refractivity contribution in [2.75, 3.05) is 52.6 Å². The molecule has 13 nitrogen and oxygen atoms in total. The molecular formula is C33H56N4O9. The number of nitrogens with zero attached hydrogens (tertiary/aromatic N) is 2. The highest BCUT2D eigenvalue weighted by Crippen LogP contribution is 2.36. The molecule has 2 saturated heterocycles. The summed E-state index contributed by atoms with van der Waals surface area (Å²) >= 11 is 0. The zero-order valence-corrected chi connectivity index (χ0v) is 29.1. The van der Waals surface area contributed by atoms with Gasteiger partial charge in [-0.25, -0.2) is 0 Å². The van der Waals surface area contributed by atoms with Gasteiger partial charge in [-0.2, -0.15) is 0 Å². The summed E-state index contributed by atoms with van der Waals surface area (Å²) in [6, 6.07) is 0. The van der Waals surface area contributed by atoms with Crippen molar-refractivity contribution in [3.8, 4) is 0 Å². The van der Waals surface area contributed by atoms with Gasteiger partial charge in [-0.15, -0.1) is 0 Å². The van der Waals surface area contributed by atoms with Crippen molar-refractivity contribution in [2.45, 2.75) is 93.9 Å². The number of carbonyl (C=O) groups excluding carboxylic acids is 7. The third kappa shape index (κ3) is 14.5. The minimum atomic E-state index is -0.317. The van der Waals surface area contributed by atoms with E-state index < -0.39 is 0 Å². The maximum absolute atomic E-state index is 12.3. The van der Waals surface area contributed by atoms with Crippen LogP contribution in [0.4, 0.5) is 0 Å². The van der Waals surface area contributed by atoms with Crippen molar-refractivity contribution in [1.29, 1.82) is 0 Å². The lowest BCUT2D eigenvalue weighted by Gasteiger charge is -2.24. The summed E-state index contributed by atoms with van der Waals surface area (Å²) in [6.07, 6.45) is 2.00. The van der Waals surface area contributed by atoms with Crippen molar-refractivity contribution < 1.29 is 43.0 Å². The van der Waals surface area contributed by atoms with Crippen LogP contribution in [0.5, 0.6) is 0 Å². The number of hydrogen-bond acceptors (Lipinski definition) is 9. The van der Waals surface area contributed by atoms with Crippen LogP contribution in [0, 0.1) is 22.7 Å². The van der Waals surface area contributed by atoms with Gasteiger partial charge in [0.15, 0.2) is 0 Å². The van der Waals surface area contributed by atoms with Gasteiger partial charge in [0.25, 0.3) is 0 Å². The van der Waals surface area contributed by atoms with Gasteiger partial charge in [-0.3, -0.25) is 43.4 Å². The normalized spacial score (nSPS) is 18.5. The number of imide groups is 2. The second-order valence-corrected chi connectivity index (χ2v) is 13.9. The van der Waals surface area contributed by atoms with E-state index >= 15 is 0 Å². The van der Waals surface area contributed by atoms with Gasteiger partial charge < -0.3 is 20.1 Å². The molecule has 0 bridgehead atoms. The van der Waals surface area contributed by atoms with Crippen LogP contribution in [0.3, 0.4) is 0 Å². The van der Waals surface area contributed by atoms with E-state index in [9.17, 15) is 33.6 Å². The lowest BCUT2D eigenvalue weighted by atomic mass is 9.80. The molecule has 13 heteroatoms. The Morgan fingerprint density at radius 1 is 0.674 bits per heavy atom. The van der Waals surface area contributed by atoms with E-state index in [2.05, 4.69) is 10.6 Å². The van der Waals surface area contributed by atoms with Gasteiger partial charge in [0, 0.05) is 64.9 Å². The van der Waals surface area contributed by atoms with Crippen molar-refractivity contribution in [2.24, 2.45) is 22.7 Å². The highest BCUT2D eigenvalue weighted by atomic mass is 16.5. The summed E-state index contributed by atoms with van der Waals surface area (Å²) in [5.41, 5.74) is -0.499. The number of Topliss-reactive ketones (excluding diaryl/α,β-unsaturated/α-hetero) is 1. The molecule has 2 heterocycles. The maximum atomic E-state index is 12.3.